The van der Waals surface area contributed by atoms with Crippen LogP contribution in [0, 0.1) is 5.82 Å². The molecule has 0 bridgehead atoms. The molecule has 126 valence electrons. The van der Waals surface area contributed by atoms with Crippen molar-refractivity contribution in [2.24, 2.45) is 0 Å². The number of carbonyl (C=O) groups excluding carboxylic acids is 2. The Morgan fingerprint density at radius 3 is 2.52 bits per heavy atom. The van der Waals surface area contributed by atoms with Gasteiger partial charge in [-0.15, -0.1) is 0 Å². The standard InChI is InChI=1S/C17H24FN3O2/c1-12(13-8-5-6-9-14(13)18)20(4)10-7-11-21-15(22)17(2,3)19-16(21)23/h5-6,8-9,12H,7,10-11H2,1-4H3,(H,19,23)/t12-/m0/s1. The van der Waals surface area contributed by atoms with Gasteiger partial charge in [-0.25, -0.2) is 9.18 Å². The lowest BCUT2D eigenvalue weighted by Gasteiger charge is -2.26. The number of hydrogen-bond acceptors (Lipinski definition) is 3. The van der Waals surface area contributed by atoms with Crippen molar-refractivity contribution in [3.05, 3.63) is 35.6 Å². The molecule has 1 saturated heterocycles. The fourth-order valence-electron chi connectivity index (χ4n) is 2.74. The van der Waals surface area contributed by atoms with Crippen LogP contribution in [-0.2, 0) is 4.79 Å². The van der Waals surface area contributed by atoms with Gasteiger partial charge in [-0.1, -0.05) is 18.2 Å². The minimum absolute atomic E-state index is 0.0734. The molecule has 0 radical (unpaired) electrons. The molecule has 0 spiro atoms. The molecule has 23 heavy (non-hydrogen) atoms. The summed E-state index contributed by atoms with van der Waals surface area (Å²) in [5.41, 5.74) is -0.185. The van der Waals surface area contributed by atoms with E-state index in [1.54, 1.807) is 26.0 Å². The molecule has 1 N–H and O–H groups in total. The van der Waals surface area contributed by atoms with Crippen LogP contribution in [0.25, 0.3) is 0 Å². The van der Waals surface area contributed by atoms with E-state index >= 15 is 0 Å². The normalized spacial score (nSPS) is 18.4. The molecule has 1 aromatic rings. The minimum atomic E-state index is -0.830. The summed E-state index contributed by atoms with van der Waals surface area (Å²) >= 11 is 0. The quantitative estimate of drug-likeness (QED) is 0.819. The molecule has 1 aromatic carbocycles. The molecular weight excluding hydrogens is 297 g/mol. The number of nitrogens with zero attached hydrogens (tertiary/aromatic N) is 2. The van der Waals surface area contributed by atoms with Crippen molar-refractivity contribution >= 4 is 11.9 Å². The summed E-state index contributed by atoms with van der Waals surface area (Å²) in [7, 11) is 1.91. The molecule has 1 heterocycles. The van der Waals surface area contributed by atoms with Gasteiger partial charge in [0, 0.05) is 24.7 Å². The zero-order valence-electron chi connectivity index (χ0n) is 14.1. The van der Waals surface area contributed by atoms with Crippen molar-refractivity contribution in [2.45, 2.75) is 38.8 Å². The topological polar surface area (TPSA) is 52.6 Å². The molecule has 6 heteroatoms. The summed E-state index contributed by atoms with van der Waals surface area (Å²) in [6.07, 6.45) is 0.643. The highest BCUT2D eigenvalue weighted by Gasteiger charge is 2.43. The van der Waals surface area contributed by atoms with Gasteiger partial charge in [0.1, 0.15) is 11.4 Å². The zero-order chi connectivity index (χ0) is 17.2. The van der Waals surface area contributed by atoms with E-state index in [2.05, 4.69) is 5.32 Å². The average Bonchev–Trinajstić information content (AvgIpc) is 2.68. The highest BCUT2D eigenvalue weighted by Crippen LogP contribution is 2.22. The van der Waals surface area contributed by atoms with Crippen LogP contribution >= 0.6 is 0 Å². The lowest BCUT2D eigenvalue weighted by molar-refractivity contribution is -0.130. The summed E-state index contributed by atoms with van der Waals surface area (Å²) in [6.45, 7) is 6.35. The molecule has 0 saturated carbocycles. The van der Waals surface area contributed by atoms with Gasteiger partial charge in [-0.05, 0) is 40.3 Å². The highest BCUT2D eigenvalue weighted by molar-refractivity contribution is 6.06. The minimum Gasteiger partial charge on any atom is -0.324 e. The second kappa shape index (κ2) is 6.66. The van der Waals surface area contributed by atoms with E-state index in [9.17, 15) is 14.0 Å². The van der Waals surface area contributed by atoms with E-state index in [0.717, 1.165) is 0 Å². The summed E-state index contributed by atoms with van der Waals surface area (Å²) in [5.74, 6) is -0.421. The SMILES string of the molecule is C[C@@H](c1ccccc1F)N(C)CCCN1C(=O)NC(C)(C)C1=O. The monoisotopic (exact) mass is 321 g/mol. The van der Waals surface area contributed by atoms with E-state index in [1.165, 1.54) is 11.0 Å². The first-order valence-corrected chi connectivity index (χ1v) is 7.83. The number of imide groups is 1. The van der Waals surface area contributed by atoms with E-state index in [1.807, 2.05) is 24.9 Å². The van der Waals surface area contributed by atoms with E-state index in [4.69, 9.17) is 0 Å². The average molecular weight is 321 g/mol. The van der Waals surface area contributed by atoms with Crippen molar-refractivity contribution in [3.63, 3.8) is 0 Å². The fourth-order valence-corrected chi connectivity index (χ4v) is 2.74. The number of benzene rings is 1. The van der Waals surface area contributed by atoms with Crippen molar-refractivity contribution in [3.8, 4) is 0 Å². The smallest absolute Gasteiger partial charge is 0.324 e. The van der Waals surface area contributed by atoms with Crippen LogP contribution in [-0.4, -0.2) is 47.4 Å². The van der Waals surface area contributed by atoms with E-state index in [-0.39, 0.29) is 23.8 Å². The third-order valence-corrected chi connectivity index (χ3v) is 4.35. The largest absolute Gasteiger partial charge is 0.325 e. The predicted molar refractivity (Wildman–Crippen MR) is 86.4 cm³/mol. The summed E-state index contributed by atoms with van der Waals surface area (Å²) in [4.78, 5) is 27.2. The predicted octanol–water partition coefficient (Wildman–Crippen LogP) is 2.54. The Bertz CT molecular complexity index is 603. The number of rotatable bonds is 6. The van der Waals surface area contributed by atoms with Crippen molar-refractivity contribution in [1.82, 2.24) is 15.1 Å². The molecular formula is C17H24FN3O2. The fraction of sp³-hybridized carbons (Fsp3) is 0.529. The highest BCUT2D eigenvalue weighted by atomic mass is 19.1. The Morgan fingerprint density at radius 1 is 1.30 bits per heavy atom. The van der Waals surface area contributed by atoms with Crippen LogP contribution in [0.4, 0.5) is 9.18 Å². The molecule has 2 rings (SSSR count). The zero-order valence-corrected chi connectivity index (χ0v) is 14.1. The molecule has 0 aliphatic carbocycles. The number of carbonyl (C=O) groups is 2. The maximum atomic E-state index is 13.8. The number of amides is 3. The van der Waals surface area contributed by atoms with E-state index < -0.39 is 5.54 Å². The Morgan fingerprint density at radius 2 is 1.96 bits per heavy atom. The van der Waals surface area contributed by atoms with Gasteiger partial charge < -0.3 is 5.32 Å². The molecule has 1 aliphatic rings. The lowest BCUT2D eigenvalue weighted by atomic mass is 10.1. The Kier molecular flexibility index (Phi) is 5.04. The first-order valence-electron chi connectivity index (χ1n) is 7.83. The van der Waals surface area contributed by atoms with Crippen molar-refractivity contribution in [2.75, 3.05) is 20.1 Å². The Hall–Kier alpha value is -1.95. The van der Waals surface area contributed by atoms with Gasteiger partial charge in [0.05, 0.1) is 0 Å². The molecule has 5 nitrogen and oxygen atoms in total. The summed E-state index contributed by atoms with van der Waals surface area (Å²) < 4.78 is 13.8. The summed E-state index contributed by atoms with van der Waals surface area (Å²) in [5, 5.41) is 2.66. The van der Waals surface area contributed by atoms with Crippen LogP contribution in [0.15, 0.2) is 24.3 Å². The number of halogens is 1. The molecule has 1 fully saturated rings. The van der Waals surface area contributed by atoms with Crippen LogP contribution in [0.1, 0.15) is 38.8 Å². The number of urea groups is 1. The Labute approximate surface area is 136 Å². The van der Waals surface area contributed by atoms with Gasteiger partial charge in [0.15, 0.2) is 0 Å². The van der Waals surface area contributed by atoms with Gasteiger partial charge in [0.2, 0.25) is 0 Å². The third kappa shape index (κ3) is 3.69. The second-order valence-electron chi connectivity index (χ2n) is 6.54. The maximum absolute atomic E-state index is 13.8. The molecule has 0 unspecified atom stereocenters. The Balaban J connectivity index is 1.88. The van der Waals surface area contributed by atoms with Gasteiger partial charge in [-0.3, -0.25) is 14.6 Å². The molecule has 1 aliphatic heterocycles. The number of hydrogen-bond donors (Lipinski definition) is 1. The van der Waals surface area contributed by atoms with Gasteiger partial charge >= 0.3 is 6.03 Å². The van der Waals surface area contributed by atoms with Crippen molar-refractivity contribution in [1.29, 1.82) is 0 Å². The molecule has 3 amide bonds. The van der Waals surface area contributed by atoms with Crippen molar-refractivity contribution < 1.29 is 14.0 Å². The van der Waals surface area contributed by atoms with Gasteiger partial charge in [-0.2, -0.15) is 0 Å². The van der Waals surface area contributed by atoms with Crippen LogP contribution < -0.4 is 5.32 Å². The van der Waals surface area contributed by atoms with E-state index in [0.29, 0.717) is 25.1 Å². The maximum Gasteiger partial charge on any atom is 0.325 e. The molecule has 1 atom stereocenters. The molecule has 0 aromatic heterocycles. The first kappa shape index (κ1) is 17.4. The summed E-state index contributed by atoms with van der Waals surface area (Å²) in [6, 6.07) is 6.30. The van der Waals surface area contributed by atoms with Crippen LogP contribution in [0.5, 0.6) is 0 Å². The van der Waals surface area contributed by atoms with Crippen LogP contribution in [0.2, 0.25) is 0 Å². The number of nitrogens with one attached hydrogen (secondary N) is 1. The second-order valence-corrected chi connectivity index (χ2v) is 6.54. The first-order chi connectivity index (χ1) is 10.7. The van der Waals surface area contributed by atoms with Gasteiger partial charge in [0.25, 0.3) is 5.91 Å². The van der Waals surface area contributed by atoms with Crippen LogP contribution in [0.3, 0.4) is 0 Å². The third-order valence-electron chi connectivity index (χ3n) is 4.35. The lowest BCUT2D eigenvalue weighted by Crippen LogP contribution is -2.40.